The van der Waals surface area contributed by atoms with Gasteiger partial charge in [-0.25, -0.2) is 4.98 Å². The highest BCUT2D eigenvalue weighted by Crippen LogP contribution is 2.41. The van der Waals surface area contributed by atoms with Crippen LogP contribution in [0.5, 0.6) is 5.75 Å². The second-order valence-corrected chi connectivity index (χ2v) is 10.7. The van der Waals surface area contributed by atoms with Gasteiger partial charge in [-0.2, -0.15) is 0 Å². The first-order valence-corrected chi connectivity index (χ1v) is 13.5. The Kier molecular flexibility index (Phi) is 6.98. The molecule has 1 atom stereocenters. The molecule has 2 aromatic carbocycles. The molecule has 1 aliphatic rings. The lowest BCUT2D eigenvalue weighted by Crippen LogP contribution is -2.20. The molecule has 2 amide bonds. The Hall–Kier alpha value is -3.71. The number of carbonyl (C=O) groups excluding carboxylic acids is 2. The van der Waals surface area contributed by atoms with Crippen molar-refractivity contribution in [2.24, 2.45) is 11.7 Å². The van der Waals surface area contributed by atoms with Gasteiger partial charge in [0.15, 0.2) is 0 Å². The molecule has 5 rings (SSSR count). The molecular formula is C30H31N3O3S. The van der Waals surface area contributed by atoms with Crippen LogP contribution < -0.4 is 15.8 Å². The van der Waals surface area contributed by atoms with Gasteiger partial charge in [0.1, 0.15) is 10.8 Å². The van der Waals surface area contributed by atoms with Crippen molar-refractivity contribution in [3.8, 4) is 17.0 Å². The standard InChI is InChI=1S/C30H31N3O3S/c1-4-7-18-10-15-22-24(16-18)37-30(26(22)28(31)34)33-29(35)25-17(2)27(19-11-13-20(36-3)14-12-19)32-23-9-6-5-8-21(23)25/h5-6,8-9,11-14,18H,4,7,10,15-16H2,1-3H3,(H2,31,34)(H,33,35). The van der Waals surface area contributed by atoms with E-state index in [0.717, 1.165) is 64.7 Å². The fourth-order valence-electron chi connectivity index (χ4n) is 5.45. The summed E-state index contributed by atoms with van der Waals surface area (Å²) >= 11 is 1.50. The Bertz CT molecular complexity index is 1490. The number of primary amides is 1. The van der Waals surface area contributed by atoms with Gasteiger partial charge in [-0.1, -0.05) is 38.0 Å². The van der Waals surface area contributed by atoms with Crippen molar-refractivity contribution in [2.45, 2.75) is 46.0 Å². The summed E-state index contributed by atoms with van der Waals surface area (Å²) in [6, 6.07) is 15.3. The Morgan fingerprint density at radius 2 is 1.89 bits per heavy atom. The van der Waals surface area contributed by atoms with Gasteiger partial charge >= 0.3 is 0 Å². The van der Waals surface area contributed by atoms with Crippen LogP contribution in [0.1, 0.15) is 62.9 Å². The number of pyridine rings is 1. The van der Waals surface area contributed by atoms with Crippen LogP contribution in [0.2, 0.25) is 0 Å². The number of hydrogen-bond acceptors (Lipinski definition) is 5. The van der Waals surface area contributed by atoms with Crippen LogP contribution in [0.25, 0.3) is 22.2 Å². The first kappa shape index (κ1) is 25.0. The summed E-state index contributed by atoms with van der Waals surface area (Å²) in [7, 11) is 1.63. The van der Waals surface area contributed by atoms with Gasteiger partial charge in [0.2, 0.25) is 0 Å². The number of nitrogens with zero attached hydrogens (tertiary/aromatic N) is 1. The van der Waals surface area contributed by atoms with E-state index in [2.05, 4.69) is 12.2 Å². The smallest absolute Gasteiger partial charge is 0.257 e. The number of anilines is 1. The number of ether oxygens (including phenoxy) is 1. The lowest BCUT2D eigenvalue weighted by molar-refractivity contribution is 0.1000. The summed E-state index contributed by atoms with van der Waals surface area (Å²) in [6.07, 6.45) is 5.11. The normalized spacial score (nSPS) is 14.8. The van der Waals surface area contributed by atoms with Gasteiger partial charge in [-0.05, 0) is 73.6 Å². The van der Waals surface area contributed by atoms with E-state index in [1.165, 1.54) is 22.6 Å². The quantitative estimate of drug-likeness (QED) is 0.293. The zero-order valence-corrected chi connectivity index (χ0v) is 22.2. The van der Waals surface area contributed by atoms with Gasteiger partial charge in [-0.15, -0.1) is 11.3 Å². The summed E-state index contributed by atoms with van der Waals surface area (Å²) < 4.78 is 5.30. The first-order chi connectivity index (χ1) is 17.9. The number of para-hydroxylation sites is 1. The minimum atomic E-state index is -0.489. The molecule has 0 spiro atoms. The molecule has 2 heterocycles. The number of thiophene rings is 1. The fraction of sp³-hybridized carbons (Fsp3) is 0.300. The Morgan fingerprint density at radius 3 is 2.59 bits per heavy atom. The van der Waals surface area contributed by atoms with E-state index in [0.29, 0.717) is 22.0 Å². The van der Waals surface area contributed by atoms with E-state index in [1.807, 2.05) is 55.5 Å². The highest BCUT2D eigenvalue weighted by atomic mass is 32.1. The van der Waals surface area contributed by atoms with Gasteiger partial charge in [-0.3, -0.25) is 9.59 Å². The highest BCUT2D eigenvalue weighted by molar-refractivity contribution is 7.17. The molecule has 0 radical (unpaired) electrons. The third-order valence-corrected chi connectivity index (χ3v) is 8.43. The summed E-state index contributed by atoms with van der Waals surface area (Å²) in [6.45, 7) is 4.11. The van der Waals surface area contributed by atoms with Gasteiger partial charge in [0.05, 0.1) is 29.4 Å². The monoisotopic (exact) mass is 513 g/mol. The van der Waals surface area contributed by atoms with Crippen molar-refractivity contribution in [2.75, 3.05) is 12.4 Å². The molecule has 4 aromatic rings. The van der Waals surface area contributed by atoms with Gasteiger partial charge in [0, 0.05) is 15.8 Å². The maximum absolute atomic E-state index is 13.9. The molecule has 0 aliphatic heterocycles. The molecule has 2 aromatic heterocycles. The second-order valence-electron chi connectivity index (χ2n) is 9.63. The lowest BCUT2D eigenvalue weighted by Gasteiger charge is -2.21. The van der Waals surface area contributed by atoms with Crippen LogP contribution >= 0.6 is 11.3 Å². The van der Waals surface area contributed by atoms with Crippen molar-refractivity contribution in [1.29, 1.82) is 0 Å². The molecule has 37 heavy (non-hydrogen) atoms. The Morgan fingerprint density at radius 1 is 1.14 bits per heavy atom. The minimum absolute atomic E-state index is 0.267. The number of hydrogen-bond donors (Lipinski definition) is 2. The van der Waals surface area contributed by atoms with Crippen LogP contribution in [0, 0.1) is 12.8 Å². The van der Waals surface area contributed by atoms with E-state index in [1.54, 1.807) is 7.11 Å². The third-order valence-electron chi connectivity index (χ3n) is 7.26. The SMILES string of the molecule is CCCC1CCc2c(sc(NC(=O)c3c(C)c(-c4ccc(OC)cc4)nc4ccccc34)c2C(N)=O)C1. The summed E-state index contributed by atoms with van der Waals surface area (Å²) in [5.74, 6) is 0.606. The number of benzene rings is 2. The van der Waals surface area contributed by atoms with Crippen LogP contribution in [0.15, 0.2) is 48.5 Å². The van der Waals surface area contributed by atoms with Crippen molar-refractivity contribution in [3.63, 3.8) is 0 Å². The van der Waals surface area contributed by atoms with E-state index in [9.17, 15) is 9.59 Å². The summed E-state index contributed by atoms with van der Waals surface area (Å²) in [4.78, 5) is 32.4. The maximum Gasteiger partial charge on any atom is 0.257 e. The molecular weight excluding hydrogens is 482 g/mol. The number of aromatic nitrogens is 1. The summed E-state index contributed by atoms with van der Waals surface area (Å²) in [5, 5.41) is 4.38. The molecule has 1 aliphatic carbocycles. The highest BCUT2D eigenvalue weighted by Gasteiger charge is 2.29. The minimum Gasteiger partial charge on any atom is -0.497 e. The number of nitrogens with one attached hydrogen (secondary N) is 1. The van der Waals surface area contributed by atoms with Crippen molar-refractivity contribution in [1.82, 2.24) is 4.98 Å². The molecule has 0 saturated carbocycles. The zero-order valence-electron chi connectivity index (χ0n) is 21.4. The Balaban J connectivity index is 1.57. The number of rotatable bonds is 7. The topological polar surface area (TPSA) is 94.3 Å². The molecule has 1 unspecified atom stereocenters. The number of nitrogens with two attached hydrogens (primary N) is 1. The molecule has 7 heteroatoms. The fourth-order valence-corrected chi connectivity index (χ4v) is 6.82. The van der Waals surface area contributed by atoms with Crippen LogP contribution in [0.3, 0.4) is 0 Å². The number of fused-ring (bicyclic) bond motifs is 2. The molecule has 0 bridgehead atoms. The average molecular weight is 514 g/mol. The lowest BCUT2D eigenvalue weighted by atomic mass is 9.84. The largest absolute Gasteiger partial charge is 0.497 e. The Labute approximate surface area is 220 Å². The maximum atomic E-state index is 13.9. The van der Waals surface area contributed by atoms with E-state index >= 15 is 0 Å². The van der Waals surface area contributed by atoms with Crippen LogP contribution in [-0.4, -0.2) is 23.9 Å². The number of carbonyl (C=O) groups is 2. The predicted molar refractivity (Wildman–Crippen MR) is 150 cm³/mol. The van der Waals surface area contributed by atoms with Crippen molar-refractivity contribution >= 4 is 39.1 Å². The average Bonchev–Trinajstić information content (AvgIpc) is 3.25. The molecule has 3 N–H and O–H groups in total. The van der Waals surface area contributed by atoms with Crippen LogP contribution in [-0.2, 0) is 12.8 Å². The zero-order chi connectivity index (χ0) is 26.1. The molecule has 0 saturated heterocycles. The second kappa shape index (κ2) is 10.3. The summed E-state index contributed by atoms with van der Waals surface area (Å²) in [5.41, 5.74) is 11.0. The number of methoxy groups -OCH3 is 1. The number of amides is 2. The first-order valence-electron chi connectivity index (χ1n) is 12.7. The van der Waals surface area contributed by atoms with E-state index < -0.39 is 5.91 Å². The van der Waals surface area contributed by atoms with E-state index in [4.69, 9.17) is 15.5 Å². The van der Waals surface area contributed by atoms with Crippen molar-refractivity contribution < 1.29 is 14.3 Å². The van der Waals surface area contributed by atoms with Gasteiger partial charge < -0.3 is 15.8 Å². The molecule has 190 valence electrons. The molecule has 6 nitrogen and oxygen atoms in total. The van der Waals surface area contributed by atoms with Crippen LogP contribution in [0.4, 0.5) is 5.00 Å². The van der Waals surface area contributed by atoms with E-state index in [-0.39, 0.29) is 5.91 Å². The van der Waals surface area contributed by atoms with Gasteiger partial charge in [0.25, 0.3) is 11.8 Å². The predicted octanol–water partition coefficient (Wildman–Crippen LogP) is 6.54. The molecule has 0 fully saturated rings. The third kappa shape index (κ3) is 4.71. The van der Waals surface area contributed by atoms with Crippen molar-refractivity contribution in [3.05, 3.63) is 75.7 Å².